The lowest BCUT2D eigenvalue weighted by molar-refractivity contribution is 0.133. The van der Waals surface area contributed by atoms with Gasteiger partial charge in [0.05, 0.1) is 11.1 Å². The fourth-order valence-corrected chi connectivity index (χ4v) is 2.77. The number of fused-ring (bicyclic) bond motifs is 1. The second-order valence-corrected chi connectivity index (χ2v) is 6.44. The van der Waals surface area contributed by atoms with Crippen LogP contribution in [0.1, 0.15) is 45.2 Å². The first-order chi connectivity index (χ1) is 9.54. The van der Waals surface area contributed by atoms with Crippen molar-refractivity contribution in [3.05, 3.63) is 23.9 Å². The highest BCUT2D eigenvalue weighted by Gasteiger charge is 2.25. The van der Waals surface area contributed by atoms with Gasteiger partial charge in [-0.25, -0.2) is 0 Å². The number of rotatable bonds is 2. The van der Waals surface area contributed by atoms with Gasteiger partial charge in [-0.15, -0.1) is 0 Å². The highest BCUT2D eigenvalue weighted by Crippen LogP contribution is 2.37. The average Bonchev–Trinajstić information content (AvgIpc) is 2.83. The first-order valence-corrected chi connectivity index (χ1v) is 7.32. The van der Waals surface area contributed by atoms with Crippen LogP contribution >= 0.6 is 0 Å². The first-order valence-electron chi connectivity index (χ1n) is 7.32. The van der Waals surface area contributed by atoms with Crippen molar-refractivity contribution in [1.29, 1.82) is 0 Å². The summed E-state index contributed by atoms with van der Waals surface area (Å²) in [4.78, 5) is 0. The molecule has 108 valence electrons. The van der Waals surface area contributed by atoms with E-state index in [-0.39, 0.29) is 5.60 Å². The Morgan fingerprint density at radius 3 is 2.70 bits per heavy atom. The number of aromatic nitrogens is 1. The van der Waals surface area contributed by atoms with E-state index in [9.17, 15) is 0 Å². The normalized spacial score (nSPS) is 17.6. The molecule has 0 unspecified atom stereocenters. The minimum atomic E-state index is -0.225. The Hall–Kier alpha value is -1.55. The van der Waals surface area contributed by atoms with E-state index in [2.05, 4.69) is 31.2 Å². The molecule has 1 N–H and O–H groups in total. The van der Waals surface area contributed by atoms with E-state index in [1.165, 1.54) is 0 Å². The summed E-state index contributed by atoms with van der Waals surface area (Å²) in [5.74, 6) is 1.34. The smallest absolute Gasteiger partial charge is 0.170 e. The van der Waals surface area contributed by atoms with Crippen LogP contribution in [0, 0.1) is 0 Å². The molecule has 0 bridgehead atoms. The molecule has 0 atom stereocenters. The maximum Gasteiger partial charge on any atom is 0.170 e. The van der Waals surface area contributed by atoms with Crippen LogP contribution in [0.2, 0.25) is 0 Å². The number of ether oxygens (including phenoxy) is 1. The molecule has 4 nitrogen and oxygen atoms in total. The van der Waals surface area contributed by atoms with Gasteiger partial charge in [0.15, 0.2) is 5.58 Å². The largest absolute Gasteiger partial charge is 0.487 e. The maximum absolute atomic E-state index is 6.09. The molecule has 1 aliphatic heterocycles. The molecular weight excluding hydrogens is 252 g/mol. The summed E-state index contributed by atoms with van der Waals surface area (Å²) >= 11 is 0. The van der Waals surface area contributed by atoms with Crippen LogP contribution in [-0.2, 0) is 0 Å². The number of piperidine rings is 1. The average molecular weight is 274 g/mol. The van der Waals surface area contributed by atoms with Crippen LogP contribution in [0.5, 0.6) is 5.75 Å². The van der Waals surface area contributed by atoms with E-state index in [1.54, 1.807) is 0 Å². The molecule has 0 saturated carbocycles. The topological polar surface area (TPSA) is 47.3 Å². The number of nitrogens with zero attached hydrogens (tertiary/aromatic N) is 1. The van der Waals surface area contributed by atoms with Gasteiger partial charge in [0, 0.05) is 5.92 Å². The lowest BCUT2D eigenvalue weighted by Gasteiger charge is -2.24. The quantitative estimate of drug-likeness (QED) is 0.911. The van der Waals surface area contributed by atoms with E-state index in [0.717, 1.165) is 48.3 Å². The Kier molecular flexibility index (Phi) is 3.42. The van der Waals surface area contributed by atoms with Crippen molar-refractivity contribution >= 4 is 11.0 Å². The van der Waals surface area contributed by atoms with Gasteiger partial charge in [-0.05, 0) is 58.8 Å². The number of hydrogen-bond donors (Lipinski definition) is 1. The molecule has 2 heterocycles. The van der Waals surface area contributed by atoms with Gasteiger partial charge in [0.2, 0.25) is 0 Å². The van der Waals surface area contributed by atoms with E-state index in [4.69, 9.17) is 9.26 Å². The molecular formula is C16H22N2O2. The monoisotopic (exact) mass is 274 g/mol. The van der Waals surface area contributed by atoms with Crippen molar-refractivity contribution in [2.45, 2.75) is 45.1 Å². The lowest BCUT2D eigenvalue weighted by Crippen LogP contribution is -2.27. The Bertz CT molecular complexity index is 592. The highest BCUT2D eigenvalue weighted by atomic mass is 16.5. The van der Waals surface area contributed by atoms with Crippen LogP contribution < -0.4 is 10.1 Å². The van der Waals surface area contributed by atoms with Crippen molar-refractivity contribution in [1.82, 2.24) is 10.5 Å². The molecule has 1 aromatic carbocycles. The minimum Gasteiger partial charge on any atom is -0.487 e. The van der Waals surface area contributed by atoms with Crippen molar-refractivity contribution in [2.24, 2.45) is 0 Å². The first kappa shape index (κ1) is 13.4. The Labute approximate surface area is 119 Å². The van der Waals surface area contributed by atoms with Gasteiger partial charge in [0.1, 0.15) is 11.4 Å². The molecule has 0 amide bonds. The lowest BCUT2D eigenvalue weighted by atomic mass is 9.92. The highest BCUT2D eigenvalue weighted by molar-refractivity contribution is 5.86. The van der Waals surface area contributed by atoms with Crippen molar-refractivity contribution in [3.63, 3.8) is 0 Å². The third kappa shape index (κ3) is 2.66. The molecule has 1 aliphatic rings. The third-order valence-electron chi connectivity index (χ3n) is 3.63. The Balaban J connectivity index is 2.04. The van der Waals surface area contributed by atoms with Gasteiger partial charge in [0.25, 0.3) is 0 Å². The molecule has 1 aromatic heterocycles. The van der Waals surface area contributed by atoms with Crippen LogP contribution in [0.15, 0.2) is 22.7 Å². The van der Waals surface area contributed by atoms with Crippen LogP contribution in [0.25, 0.3) is 11.0 Å². The van der Waals surface area contributed by atoms with E-state index in [1.807, 2.05) is 18.2 Å². The molecule has 0 aliphatic carbocycles. The molecule has 3 rings (SSSR count). The van der Waals surface area contributed by atoms with Crippen LogP contribution in [-0.4, -0.2) is 23.8 Å². The molecule has 0 spiro atoms. The number of hydrogen-bond acceptors (Lipinski definition) is 4. The summed E-state index contributed by atoms with van der Waals surface area (Å²) in [6.45, 7) is 8.26. The molecule has 2 aromatic rings. The maximum atomic E-state index is 6.09. The predicted octanol–water partition coefficient (Wildman–Crippen LogP) is 3.47. The second-order valence-electron chi connectivity index (χ2n) is 6.44. The van der Waals surface area contributed by atoms with Gasteiger partial charge in [-0.2, -0.15) is 0 Å². The predicted molar refractivity (Wildman–Crippen MR) is 79.2 cm³/mol. The number of nitrogens with one attached hydrogen (secondary N) is 1. The number of benzene rings is 1. The summed E-state index contributed by atoms with van der Waals surface area (Å²) in [7, 11) is 0. The van der Waals surface area contributed by atoms with E-state index >= 15 is 0 Å². The van der Waals surface area contributed by atoms with E-state index < -0.39 is 0 Å². The minimum absolute atomic E-state index is 0.225. The van der Waals surface area contributed by atoms with Gasteiger partial charge in [-0.3, -0.25) is 0 Å². The fraction of sp³-hybridized carbons (Fsp3) is 0.562. The molecule has 1 saturated heterocycles. The molecule has 0 radical (unpaired) electrons. The zero-order valence-corrected chi connectivity index (χ0v) is 12.4. The molecule has 20 heavy (non-hydrogen) atoms. The fourth-order valence-electron chi connectivity index (χ4n) is 2.77. The van der Waals surface area contributed by atoms with Gasteiger partial charge in [-0.1, -0.05) is 11.2 Å². The standard InChI is InChI=1S/C16H22N2O2/c1-16(2,3)19-12-5-4-6-13-14(12)15(18-20-13)11-7-9-17-10-8-11/h4-6,11,17H,7-10H2,1-3H3. The Morgan fingerprint density at radius 2 is 2.00 bits per heavy atom. The molecule has 1 fully saturated rings. The second kappa shape index (κ2) is 5.09. The van der Waals surface area contributed by atoms with Crippen molar-refractivity contribution in [3.8, 4) is 5.75 Å². The van der Waals surface area contributed by atoms with Gasteiger partial charge >= 0.3 is 0 Å². The summed E-state index contributed by atoms with van der Waals surface area (Å²) in [5, 5.41) is 8.77. The summed E-state index contributed by atoms with van der Waals surface area (Å²) in [6.07, 6.45) is 2.21. The molecule has 4 heteroatoms. The Morgan fingerprint density at radius 1 is 1.25 bits per heavy atom. The summed E-state index contributed by atoms with van der Waals surface area (Å²) in [5.41, 5.74) is 1.65. The van der Waals surface area contributed by atoms with Gasteiger partial charge < -0.3 is 14.6 Å². The summed E-state index contributed by atoms with van der Waals surface area (Å²) < 4.78 is 11.6. The SMILES string of the molecule is CC(C)(C)Oc1cccc2onc(C3CCNCC3)c12. The zero-order valence-electron chi connectivity index (χ0n) is 12.4. The van der Waals surface area contributed by atoms with Crippen molar-refractivity contribution in [2.75, 3.05) is 13.1 Å². The summed E-state index contributed by atoms with van der Waals surface area (Å²) in [6, 6.07) is 5.93. The van der Waals surface area contributed by atoms with E-state index in [0.29, 0.717) is 5.92 Å². The third-order valence-corrected chi connectivity index (χ3v) is 3.63. The zero-order chi connectivity index (χ0) is 14.2. The van der Waals surface area contributed by atoms with Crippen LogP contribution in [0.3, 0.4) is 0 Å². The van der Waals surface area contributed by atoms with Crippen LogP contribution in [0.4, 0.5) is 0 Å². The van der Waals surface area contributed by atoms with Crippen molar-refractivity contribution < 1.29 is 9.26 Å².